The zero-order valence-corrected chi connectivity index (χ0v) is 16.3. The summed E-state index contributed by atoms with van der Waals surface area (Å²) in [6.45, 7) is 6.16. The molecular formula is C21H23FN4O3. The lowest BCUT2D eigenvalue weighted by atomic mass is 10.2. The molecule has 1 aromatic heterocycles. The molecule has 152 valence electrons. The normalized spacial score (nSPS) is 14.9. The van der Waals surface area contributed by atoms with Gasteiger partial charge in [0.15, 0.2) is 0 Å². The molecule has 0 aliphatic carbocycles. The average Bonchev–Trinajstić information content (AvgIpc) is 3.10. The van der Waals surface area contributed by atoms with Crippen LogP contribution < -0.4 is 15.4 Å². The first-order chi connectivity index (χ1) is 14.1. The van der Waals surface area contributed by atoms with E-state index >= 15 is 0 Å². The van der Waals surface area contributed by atoms with E-state index in [0.717, 1.165) is 37.6 Å². The Morgan fingerprint density at radius 1 is 1.07 bits per heavy atom. The lowest BCUT2D eigenvalue weighted by molar-refractivity contribution is 0.189. The maximum atomic E-state index is 13.1. The highest BCUT2D eigenvalue weighted by atomic mass is 19.1. The summed E-state index contributed by atoms with van der Waals surface area (Å²) in [6.07, 6.45) is 0. The van der Waals surface area contributed by atoms with Crippen LogP contribution in [0.1, 0.15) is 6.92 Å². The predicted octanol–water partition coefficient (Wildman–Crippen LogP) is 2.82. The van der Waals surface area contributed by atoms with Gasteiger partial charge in [-0.05, 0) is 43.3 Å². The molecule has 0 saturated carbocycles. The van der Waals surface area contributed by atoms with Gasteiger partial charge in [-0.25, -0.2) is 9.18 Å². The summed E-state index contributed by atoms with van der Waals surface area (Å²) in [6, 6.07) is 13.7. The van der Waals surface area contributed by atoms with Crippen LogP contribution in [0.4, 0.5) is 10.1 Å². The van der Waals surface area contributed by atoms with E-state index in [1.165, 1.54) is 16.8 Å². The Kier molecular flexibility index (Phi) is 5.62. The number of hydrogen-bond donors (Lipinski definition) is 0. The van der Waals surface area contributed by atoms with Crippen molar-refractivity contribution in [1.82, 2.24) is 14.7 Å². The van der Waals surface area contributed by atoms with E-state index in [-0.39, 0.29) is 11.7 Å². The maximum Gasteiger partial charge on any atom is 0.438 e. The van der Waals surface area contributed by atoms with Gasteiger partial charge in [0.05, 0.1) is 12.3 Å². The Balaban J connectivity index is 1.40. The maximum absolute atomic E-state index is 13.1. The second kappa shape index (κ2) is 8.48. The van der Waals surface area contributed by atoms with Gasteiger partial charge in [0.2, 0.25) is 5.89 Å². The van der Waals surface area contributed by atoms with E-state index < -0.39 is 5.76 Å². The summed E-state index contributed by atoms with van der Waals surface area (Å²) in [7, 11) is 0. The molecule has 4 rings (SSSR count). The number of anilines is 1. The number of piperazine rings is 1. The average molecular weight is 398 g/mol. The molecule has 3 aromatic rings. The van der Waals surface area contributed by atoms with Gasteiger partial charge < -0.3 is 14.1 Å². The number of hydrogen-bond acceptors (Lipinski definition) is 6. The van der Waals surface area contributed by atoms with E-state index in [1.807, 2.05) is 25.1 Å². The van der Waals surface area contributed by atoms with Gasteiger partial charge in [-0.1, -0.05) is 12.1 Å². The molecule has 0 N–H and O–H groups in total. The summed E-state index contributed by atoms with van der Waals surface area (Å²) in [5.74, 6) is 0.215. The minimum absolute atomic E-state index is 0.194. The van der Waals surface area contributed by atoms with Gasteiger partial charge in [0.1, 0.15) is 18.2 Å². The summed E-state index contributed by atoms with van der Waals surface area (Å²) in [5.41, 5.74) is 1.66. The molecule has 0 spiro atoms. The van der Waals surface area contributed by atoms with Gasteiger partial charge in [-0.2, -0.15) is 4.68 Å². The van der Waals surface area contributed by atoms with Crippen LogP contribution in [0.2, 0.25) is 0 Å². The van der Waals surface area contributed by atoms with Crippen LogP contribution in [0, 0.1) is 5.82 Å². The number of benzene rings is 2. The molecule has 0 bridgehead atoms. The largest absolute Gasteiger partial charge is 0.492 e. The quantitative estimate of drug-likeness (QED) is 0.636. The minimum Gasteiger partial charge on any atom is -0.492 e. The molecule has 2 heterocycles. The van der Waals surface area contributed by atoms with Crippen LogP contribution in [-0.4, -0.2) is 47.5 Å². The highest BCUT2D eigenvalue weighted by molar-refractivity contribution is 5.58. The first-order valence-corrected chi connectivity index (χ1v) is 9.67. The van der Waals surface area contributed by atoms with Crippen molar-refractivity contribution < 1.29 is 13.5 Å². The number of aromatic nitrogens is 2. The van der Waals surface area contributed by atoms with Crippen molar-refractivity contribution in [2.75, 3.05) is 37.7 Å². The molecule has 8 heteroatoms. The SMILES string of the molecule is CCOc1ccccc1N1CCN(Cn2nc(-c3ccc(F)cc3)oc2=O)CC1. The zero-order valence-electron chi connectivity index (χ0n) is 16.3. The molecule has 0 unspecified atom stereocenters. The van der Waals surface area contributed by atoms with Crippen molar-refractivity contribution in [3.8, 4) is 17.2 Å². The van der Waals surface area contributed by atoms with Crippen LogP contribution >= 0.6 is 0 Å². The molecule has 1 aliphatic rings. The minimum atomic E-state index is -0.520. The third-order valence-corrected chi connectivity index (χ3v) is 4.91. The number of ether oxygens (including phenoxy) is 1. The highest BCUT2D eigenvalue weighted by Gasteiger charge is 2.21. The van der Waals surface area contributed by atoms with Gasteiger partial charge in [-0.15, -0.1) is 5.10 Å². The fourth-order valence-corrected chi connectivity index (χ4v) is 3.42. The second-order valence-electron chi connectivity index (χ2n) is 6.83. The van der Waals surface area contributed by atoms with Gasteiger partial charge in [0, 0.05) is 31.7 Å². The van der Waals surface area contributed by atoms with E-state index in [9.17, 15) is 9.18 Å². The molecule has 29 heavy (non-hydrogen) atoms. The van der Waals surface area contributed by atoms with Crippen LogP contribution in [0.25, 0.3) is 11.5 Å². The monoisotopic (exact) mass is 398 g/mol. The van der Waals surface area contributed by atoms with Crippen LogP contribution in [0.3, 0.4) is 0 Å². The molecule has 0 amide bonds. The Bertz CT molecular complexity index is 1010. The topological polar surface area (TPSA) is 63.7 Å². The lowest BCUT2D eigenvalue weighted by Crippen LogP contribution is -2.47. The zero-order chi connectivity index (χ0) is 20.2. The predicted molar refractivity (Wildman–Crippen MR) is 108 cm³/mol. The van der Waals surface area contributed by atoms with Crippen molar-refractivity contribution >= 4 is 5.69 Å². The van der Waals surface area contributed by atoms with Crippen LogP contribution in [-0.2, 0) is 6.67 Å². The van der Waals surface area contributed by atoms with Gasteiger partial charge >= 0.3 is 5.76 Å². The van der Waals surface area contributed by atoms with Gasteiger partial charge in [-0.3, -0.25) is 4.90 Å². The Labute approximate surface area is 167 Å². The highest BCUT2D eigenvalue weighted by Crippen LogP contribution is 2.28. The molecule has 7 nitrogen and oxygen atoms in total. The second-order valence-corrected chi connectivity index (χ2v) is 6.83. The number of para-hydroxylation sites is 2. The molecule has 0 atom stereocenters. The smallest absolute Gasteiger partial charge is 0.438 e. The van der Waals surface area contributed by atoms with E-state index in [0.29, 0.717) is 18.8 Å². The standard InChI is InChI=1S/C21H23FN4O3/c1-2-28-19-6-4-3-5-18(19)25-13-11-24(12-14-25)15-26-21(27)29-20(23-26)16-7-9-17(22)10-8-16/h3-10H,2,11-15H2,1H3. The van der Waals surface area contributed by atoms with Crippen molar-refractivity contribution in [3.63, 3.8) is 0 Å². The van der Waals surface area contributed by atoms with Crippen LogP contribution in [0.5, 0.6) is 5.75 Å². The Morgan fingerprint density at radius 3 is 2.52 bits per heavy atom. The molecule has 1 aliphatic heterocycles. The van der Waals surface area contributed by atoms with Crippen molar-refractivity contribution in [1.29, 1.82) is 0 Å². The number of rotatable bonds is 6. The van der Waals surface area contributed by atoms with E-state index in [1.54, 1.807) is 12.1 Å². The van der Waals surface area contributed by atoms with Crippen LogP contribution in [0.15, 0.2) is 57.7 Å². The summed E-state index contributed by atoms with van der Waals surface area (Å²) in [5, 5.41) is 4.26. The van der Waals surface area contributed by atoms with E-state index in [4.69, 9.17) is 9.15 Å². The van der Waals surface area contributed by atoms with E-state index in [2.05, 4.69) is 21.0 Å². The lowest BCUT2D eigenvalue weighted by Gasteiger charge is -2.36. The van der Waals surface area contributed by atoms with Gasteiger partial charge in [0.25, 0.3) is 0 Å². The third kappa shape index (κ3) is 4.32. The Hall–Kier alpha value is -3.13. The van der Waals surface area contributed by atoms with Crippen molar-refractivity contribution in [2.45, 2.75) is 13.6 Å². The molecule has 0 radical (unpaired) electrons. The molecular weight excluding hydrogens is 375 g/mol. The third-order valence-electron chi connectivity index (χ3n) is 4.91. The fourth-order valence-electron chi connectivity index (χ4n) is 3.42. The Morgan fingerprint density at radius 2 is 1.79 bits per heavy atom. The summed E-state index contributed by atoms with van der Waals surface area (Å²) < 4.78 is 25.4. The first kappa shape index (κ1) is 19.2. The molecule has 1 fully saturated rings. The summed E-state index contributed by atoms with van der Waals surface area (Å²) in [4.78, 5) is 16.6. The van der Waals surface area contributed by atoms with Crippen molar-refractivity contribution in [3.05, 3.63) is 64.9 Å². The molecule has 1 saturated heterocycles. The number of halogens is 1. The van der Waals surface area contributed by atoms with Crippen molar-refractivity contribution in [2.24, 2.45) is 0 Å². The summed E-state index contributed by atoms with van der Waals surface area (Å²) >= 11 is 0. The number of nitrogens with zero attached hydrogens (tertiary/aromatic N) is 4. The first-order valence-electron chi connectivity index (χ1n) is 9.67. The fraction of sp³-hybridized carbons (Fsp3) is 0.333. The molecule has 2 aromatic carbocycles.